The fraction of sp³-hybridized carbons (Fsp3) is 0.0833. The molecular weight excluding hydrogens is 240 g/mol. The smallest absolute Gasteiger partial charge is 0.340 e. The van der Waals surface area contributed by atoms with Crippen LogP contribution in [0.1, 0.15) is 10.4 Å². The van der Waals surface area contributed by atoms with Gasteiger partial charge in [0.1, 0.15) is 0 Å². The molecule has 0 radical (unpaired) electrons. The highest BCUT2D eigenvalue weighted by molar-refractivity contribution is 6.30. The van der Waals surface area contributed by atoms with Gasteiger partial charge in [-0.25, -0.2) is 4.79 Å². The number of aromatic nitrogens is 2. The maximum Gasteiger partial charge on any atom is 0.340 e. The Kier molecular flexibility index (Phi) is 3.35. The molecule has 17 heavy (non-hydrogen) atoms. The summed E-state index contributed by atoms with van der Waals surface area (Å²) in [4.78, 5) is 19.7. The predicted octanol–water partition coefficient (Wildman–Crippen LogP) is 2.58. The van der Waals surface area contributed by atoms with E-state index in [2.05, 4.69) is 9.97 Å². The van der Waals surface area contributed by atoms with Crippen LogP contribution in [0.3, 0.4) is 0 Å². The molecule has 0 amide bonds. The van der Waals surface area contributed by atoms with E-state index in [-0.39, 0.29) is 0 Å². The van der Waals surface area contributed by atoms with Crippen LogP contribution in [0, 0.1) is 0 Å². The molecule has 0 spiro atoms. The summed E-state index contributed by atoms with van der Waals surface area (Å²) in [5.74, 6) is -0.466. The number of pyridine rings is 2. The Morgan fingerprint density at radius 2 is 2.06 bits per heavy atom. The zero-order valence-electron chi connectivity index (χ0n) is 9.05. The number of nitrogens with zero attached hydrogens (tertiary/aromatic N) is 2. The molecule has 0 atom stereocenters. The lowest BCUT2D eigenvalue weighted by atomic mass is 10.1. The van der Waals surface area contributed by atoms with Crippen molar-refractivity contribution in [3.8, 4) is 11.3 Å². The molecule has 86 valence electrons. The summed E-state index contributed by atoms with van der Waals surface area (Å²) in [7, 11) is 1.32. The largest absolute Gasteiger partial charge is 0.465 e. The van der Waals surface area contributed by atoms with E-state index in [1.807, 2.05) is 0 Å². The van der Waals surface area contributed by atoms with E-state index >= 15 is 0 Å². The van der Waals surface area contributed by atoms with Gasteiger partial charge in [0.15, 0.2) is 0 Å². The molecule has 0 saturated heterocycles. The van der Waals surface area contributed by atoms with E-state index in [9.17, 15) is 4.79 Å². The fourth-order valence-corrected chi connectivity index (χ4v) is 1.60. The second-order valence-corrected chi connectivity index (χ2v) is 3.71. The predicted molar refractivity (Wildman–Crippen MR) is 63.8 cm³/mol. The number of ether oxygens (including phenoxy) is 1. The monoisotopic (exact) mass is 248 g/mol. The third-order valence-electron chi connectivity index (χ3n) is 2.21. The topological polar surface area (TPSA) is 52.1 Å². The number of esters is 1. The van der Waals surface area contributed by atoms with E-state index < -0.39 is 5.97 Å². The van der Waals surface area contributed by atoms with Crippen molar-refractivity contribution in [2.24, 2.45) is 0 Å². The maximum absolute atomic E-state index is 11.6. The van der Waals surface area contributed by atoms with Crippen LogP contribution in [0.2, 0.25) is 5.02 Å². The molecule has 2 rings (SSSR count). The zero-order chi connectivity index (χ0) is 12.3. The van der Waals surface area contributed by atoms with Crippen LogP contribution in [0.15, 0.2) is 36.8 Å². The number of halogens is 1. The highest BCUT2D eigenvalue weighted by atomic mass is 35.5. The summed E-state index contributed by atoms with van der Waals surface area (Å²) in [6, 6.07) is 5.07. The summed E-state index contributed by atoms with van der Waals surface area (Å²) < 4.78 is 4.70. The van der Waals surface area contributed by atoms with Gasteiger partial charge < -0.3 is 4.74 Å². The summed E-state index contributed by atoms with van der Waals surface area (Å²) >= 11 is 5.82. The Hall–Kier alpha value is -1.94. The van der Waals surface area contributed by atoms with Gasteiger partial charge in [0.05, 0.1) is 23.4 Å². The van der Waals surface area contributed by atoms with E-state index in [4.69, 9.17) is 16.3 Å². The molecule has 0 bridgehead atoms. The van der Waals surface area contributed by atoms with E-state index in [0.717, 1.165) is 5.56 Å². The summed E-state index contributed by atoms with van der Waals surface area (Å²) in [5.41, 5.74) is 1.66. The van der Waals surface area contributed by atoms with Crippen LogP contribution in [0.5, 0.6) is 0 Å². The molecule has 0 aliphatic heterocycles. The number of carbonyl (C=O) groups excluding carboxylic acids is 1. The third kappa shape index (κ3) is 2.42. The minimum Gasteiger partial charge on any atom is -0.465 e. The lowest BCUT2D eigenvalue weighted by molar-refractivity contribution is 0.0601. The SMILES string of the molecule is COC(=O)c1cc(Cl)cnc1-c1ccncc1. The Balaban J connectivity index is 2.58. The van der Waals surface area contributed by atoms with Crippen LogP contribution in [0.4, 0.5) is 0 Å². The number of carbonyl (C=O) groups is 1. The Morgan fingerprint density at radius 3 is 2.71 bits per heavy atom. The average Bonchev–Trinajstić information content (AvgIpc) is 2.38. The van der Waals surface area contributed by atoms with Gasteiger partial charge in [0.25, 0.3) is 0 Å². The molecule has 2 aromatic rings. The van der Waals surface area contributed by atoms with Crippen molar-refractivity contribution in [3.05, 3.63) is 47.4 Å². The standard InChI is InChI=1S/C12H9ClN2O2/c1-17-12(16)10-6-9(13)7-15-11(10)8-2-4-14-5-3-8/h2-7H,1H3. The molecule has 0 aliphatic rings. The lowest BCUT2D eigenvalue weighted by Crippen LogP contribution is -2.05. The second kappa shape index (κ2) is 4.93. The highest BCUT2D eigenvalue weighted by Crippen LogP contribution is 2.23. The first-order valence-electron chi connectivity index (χ1n) is 4.86. The molecule has 0 fully saturated rings. The first-order valence-corrected chi connectivity index (χ1v) is 5.24. The molecule has 0 aromatic carbocycles. The van der Waals surface area contributed by atoms with Crippen molar-refractivity contribution in [1.82, 2.24) is 9.97 Å². The molecule has 0 unspecified atom stereocenters. The minimum absolute atomic E-state index is 0.339. The quantitative estimate of drug-likeness (QED) is 0.767. The van der Waals surface area contributed by atoms with Crippen molar-refractivity contribution in [2.45, 2.75) is 0 Å². The highest BCUT2D eigenvalue weighted by Gasteiger charge is 2.15. The summed E-state index contributed by atoms with van der Waals surface area (Å²) in [6.45, 7) is 0. The number of hydrogen-bond acceptors (Lipinski definition) is 4. The molecule has 2 heterocycles. The second-order valence-electron chi connectivity index (χ2n) is 3.28. The van der Waals surface area contributed by atoms with Crippen LogP contribution in [-0.4, -0.2) is 23.0 Å². The first-order chi connectivity index (χ1) is 8.22. The van der Waals surface area contributed by atoms with Crippen LogP contribution < -0.4 is 0 Å². The van der Waals surface area contributed by atoms with Gasteiger partial charge >= 0.3 is 5.97 Å². The van der Waals surface area contributed by atoms with E-state index in [1.54, 1.807) is 24.5 Å². The van der Waals surface area contributed by atoms with Crippen molar-refractivity contribution in [3.63, 3.8) is 0 Å². The van der Waals surface area contributed by atoms with Gasteiger partial charge in [-0.1, -0.05) is 11.6 Å². The molecule has 4 nitrogen and oxygen atoms in total. The minimum atomic E-state index is -0.466. The number of hydrogen-bond donors (Lipinski definition) is 0. The van der Waals surface area contributed by atoms with Gasteiger partial charge in [0.2, 0.25) is 0 Å². The van der Waals surface area contributed by atoms with Gasteiger partial charge in [-0.05, 0) is 18.2 Å². The van der Waals surface area contributed by atoms with Crippen molar-refractivity contribution >= 4 is 17.6 Å². The third-order valence-corrected chi connectivity index (χ3v) is 2.42. The van der Waals surface area contributed by atoms with Gasteiger partial charge in [-0.2, -0.15) is 0 Å². The maximum atomic E-state index is 11.6. The molecule has 2 aromatic heterocycles. The van der Waals surface area contributed by atoms with Crippen LogP contribution in [-0.2, 0) is 4.74 Å². The normalized spacial score (nSPS) is 10.0. The Morgan fingerprint density at radius 1 is 1.35 bits per heavy atom. The Labute approximate surface area is 103 Å². The molecule has 0 N–H and O–H groups in total. The van der Waals surface area contributed by atoms with Gasteiger partial charge in [-0.15, -0.1) is 0 Å². The first kappa shape index (κ1) is 11.5. The summed E-state index contributed by atoms with van der Waals surface area (Å²) in [5, 5.41) is 0.392. The van der Waals surface area contributed by atoms with E-state index in [0.29, 0.717) is 16.3 Å². The van der Waals surface area contributed by atoms with Gasteiger partial charge in [0, 0.05) is 24.2 Å². The number of rotatable bonds is 2. The van der Waals surface area contributed by atoms with Crippen molar-refractivity contribution in [1.29, 1.82) is 0 Å². The van der Waals surface area contributed by atoms with Crippen molar-refractivity contribution in [2.75, 3.05) is 7.11 Å². The van der Waals surface area contributed by atoms with Crippen LogP contribution >= 0.6 is 11.6 Å². The summed E-state index contributed by atoms with van der Waals surface area (Å²) in [6.07, 6.45) is 4.75. The molecular formula is C12H9ClN2O2. The Bertz CT molecular complexity index is 543. The van der Waals surface area contributed by atoms with Crippen molar-refractivity contribution < 1.29 is 9.53 Å². The molecule has 0 saturated carbocycles. The van der Waals surface area contributed by atoms with E-state index in [1.165, 1.54) is 19.4 Å². The average molecular weight is 249 g/mol. The van der Waals surface area contributed by atoms with Crippen LogP contribution in [0.25, 0.3) is 11.3 Å². The lowest BCUT2D eigenvalue weighted by Gasteiger charge is -2.07. The fourth-order valence-electron chi connectivity index (χ4n) is 1.44. The van der Waals surface area contributed by atoms with Gasteiger partial charge in [-0.3, -0.25) is 9.97 Å². The number of methoxy groups -OCH3 is 1. The molecule has 5 heteroatoms. The zero-order valence-corrected chi connectivity index (χ0v) is 9.81. The molecule has 0 aliphatic carbocycles.